The van der Waals surface area contributed by atoms with E-state index in [1.165, 1.54) is 0 Å². The van der Waals surface area contributed by atoms with Crippen molar-refractivity contribution in [2.45, 2.75) is 19.9 Å². The zero-order chi connectivity index (χ0) is 15.0. The van der Waals surface area contributed by atoms with Crippen LogP contribution in [0.2, 0.25) is 0 Å². The first-order valence-electron chi connectivity index (χ1n) is 6.89. The number of halogens is 2. The third kappa shape index (κ3) is 2.98. The molecule has 0 unspecified atom stereocenters. The highest BCUT2D eigenvalue weighted by Gasteiger charge is 2.19. The van der Waals surface area contributed by atoms with Crippen molar-refractivity contribution in [2.75, 3.05) is 11.9 Å². The van der Waals surface area contributed by atoms with Crippen LogP contribution in [0.15, 0.2) is 18.2 Å². The van der Waals surface area contributed by atoms with Gasteiger partial charge in [0.05, 0.1) is 5.69 Å². The van der Waals surface area contributed by atoms with Gasteiger partial charge in [-0.15, -0.1) is 12.4 Å². The highest BCUT2D eigenvalue weighted by Crippen LogP contribution is 2.24. The molecule has 5 nitrogen and oxygen atoms in total. The molecule has 1 aliphatic heterocycles. The quantitative estimate of drug-likeness (QED) is 0.890. The third-order valence-electron chi connectivity index (χ3n) is 3.80. The Morgan fingerprint density at radius 2 is 2.23 bits per heavy atom. The maximum atomic E-state index is 14.4. The molecule has 0 aliphatic carbocycles. The summed E-state index contributed by atoms with van der Waals surface area (Å²) in [5, 5.41) is 9.90. The average Bonchev–Trinajstić information content (AvgIpc) is 2.82. The lowest BCUT2D eigenvalue weighted by atomic mass is 9.99. The van der Waals surface area contributed by atoms with E-state index in [-0.39, 0.29) is 29.6 Å². The molecule has 0 saturated heterocycles. The number of anilines is 1. The predicted octanol–water partition coefficient (Wildman–Crippen LogP) is 2.19. The fourth-order valence-corrected chi connectivity index (χ4v) is 2.49. The van der Waals surface area contributed by atoms with Crippen molar-refractivity contribution in [1.82, 2.24) is 15.1 Å². The van der Waals surface area contributed by atoms with E-state index < -0.39 is 5.91 Å². The number of nitrogens with one attached hydrogen (secondary N) is 2. The number of carbonyl (C=O) groups excluding carboxylic acids is 1. The molecule has 0 bridgehead atoms. The van der Waals surface area contributed by atoms with Crippen LogP contribution in [0.4, 0.5) is 10.1 Å². The summed E-state index contributed by atoms with van der Waals surface area (Å²) < 4.78 is 16.1. The first-order chi connectivity index (χ1) is 10.1. The monoisotopic (exact) mass is 324 g/mol. The number of amides is 1. The standard InChI is InChI=1S/C15H17FN4O.ClH/c1-9-7-13(19-20(9)2)15(21)18-12-4-3-10-8-17-6-5-11(10)14(12)16;/h3-4,7,17H,5-6,8H2,1-2H3,(H,18,21);1H. The molecule has 0 spiro atoms. The van der Waals surface area contributed by atoms with E-state index in [2.05, 4.69) is 15.7 Å². The second-order valence-corrected chi connectivity index (χ2v) is 5.24. The molecular formula is C15H18ClFN4O. The summed E-state index contributed by atoms with van der Waals surface area (Å²) in [4.78, 5) is 12.1. The summed E-state index contributed by atoms with van der Waals surface area (Å²) in [6.07, 6.45) is 0.633. The molecule has 22 heavy (non-hydrogen) atoms. The van der Waals surface area contributed by atoms with Gasteiger partial charge in [0, 0.05) is 19.3 Å². The molecule has 2 aromatic rings. The van der Waals surface area contributed by atoms with E-state index in [4.69, 9.17) is 0 Å². The summed E-state index contributed by atoms with van der Waals surface area (Å²) in [6.45, 7) is 3.27. The van der Waals surface area contributed by atoms with Gasteiger partial charge in [0.15, 0.2) is 5.69 Å². The highest BCUT2D eigenvalue weighted by atomic mass is 35.5. The minimum absolute atomic E-state index is 0. The van der Waals surface area contributed by atoms with Gasteiger partial charge in [0.25, 0.3) is 5.91 Å². The largest absolute Gasteiger partial charge is 0.318 e. The topological polar surface area (TPSA) is 59.0 Å². The van der Waals surface area contributed by atoms with E-state index in [0.29, 0.717) is 18.5 Å². The molecule has 2 N–H and O–H groups in total. The van der Waals surface area contributed by atoms with Crippen LogP contribution < -0.4 is 10.6 Å². The molecule has 7 heteroatoms. The number of rotatable bonds is 2. The van der Waals surface area contributed by atoms with Gasteiger partial charge in [-0.2, -0.15) is 5.10 Å². The van der Waals surface area contributed by atoms with Crippen molar-refractivity contribution >= 4 is 24.0 Å². The molecule has 1 aromatic carbocycles. The molecule has 1 aromatic heterocycles. The van der Waals surface area contributed by atoms with Crippen LogP contribution in [0.1, 0.15) is 27.3 Å². The number of hydrogen-bond donors (Lipinski definition) is 2. The lowest BCUT2D eigenvalue weighted by Gasteiger charge is -2.19. The van der Waals surface area contributed by atoms with Crippen LogP contribution in [0.5, 0.6) is 0 Å². The SMILES string of the molecule is Cc1cc(C(=O)Nc2ccc3c(c2F)CCNC3)nn1C.Cl. The Hall–Kier alpha value is -1.92. The summed E-state index contributed by atoms with van der Waals surface area (Å²) in [6, 6.07) is 5.13. The van der Waals surface area contributed by atoms with E-state index in [1.807, 2.05) is 13.0 Å². The van der Waals surface area contributed by atoms with E-state index in [9.17, 15) is 9.18 Å². The molecule has 0 radical (unpaired) electrons. The van der Waals surface area contributed by atoms with Crippen molar-refractivity contribution in [1.29, 1.82) is 0 Å². The van der Waals surface area contributed by atoms with Gasteiger partial charge < -0.3 is 10.6 Å². The molecule has 1 aliphatic rings. The zero-order valence-electron chi connectivity index (χ0n) is 12.4. The van der Waals surface area contributed by atoms with Gasteiger partial charge in [0.2, 0.25) is 0 Å². The highest BCUT2D eigenvalue weighted by molar-refractivity contribution is 6.03. The van der Waals surface area contributed by atoms with Crippen molar-refractivity contribution in [3.63, 3.8) is 0 Å². The number of fused-ring (bicyclic) bond motifs is 1. The molecule has 1 amide bonds. The Morgan fingerprint density at radius 3 is 2.91 bits per heavy atom. The summed E-state index contributed by atoms with van der Waals surface area (Å²) in [7, 11) is 1.76. The van der Waals surface area contributed by atoms with Gasteiger partial charge in [-0.1, -0.05) is 6.07 Å². The van der Waals surface area contributed by atoms with Crippen LogP contribution in [-0.2, 0) is 20.0 Å². The van der Waals surface area contributed by atoms with E-state index in [0.717, 1.165) is 17.8 Å². The average molecular weight is 325 g/mol. The molecule has 0 fully saturated rings. The lowest BCUT2D eigenvalue weighted by molar-refractivity contribution is 0.102. The Morgan fingerprint density at radius 1 is 1.45 bits per heavy atom. The normalized spacial score (nSPS) is 13.2. The molecule has 0 atom stereocenters. The molecule has 2 heterocycles. The smallest absolute Gasteiger partial charge is 0.276 e. The third-order valence-corrected chi connectivity index (χ3v) is 3.80. The van der Waals surface area contributed by atoms with Gasteiger partial charge in [0.1, 0.15) is 5.82 Å². The number of aryl methyl sites for hydroxylation is 2. The van der Waals surface area contributed by atoms with Crippen LogP contribution in [0, 0.1) is 12.7 Å². The number of carbonyl (C=O) groups is 1. The Bertz CT molecular complexity index is 694. The van der Waals surface area contributed by atoms with Crippen molar-refractivity contribution < 1.29 is 9.18 Å². The van der Waals surface area contributed by atoms with E-state index in [1.54, 1.807) is 23.9 Å². The summed E-state index contributed by atoms with van der Waals surface area (Å²) in [5.41, 5.74) is 3.00. The summed E-state index contributed by atoms with van der Waals surface area (Å²) in [5.74, 6) is -0.735. The van der Waals surface area contributed by atoms with E-state index >= 15 is 0 Å². The molecule has 118 valence electrons. The van der Waals surface area contributed by atoms with Crippen LogP contribution in [0.25, 0.3) is 0 Å². The number of nitrogens with zero attached hydrogens (tertiary/aromatic N) is 2. The Labute approximate surface area is 134 Å². The fraction of sp³-hybridized carbons (Fsp3) is 0.333. The zero-order valence-corrected chi connectivity index (χ0v) is 13.3. The fourth-order valence-electron chi connectivity index (χ4n) is 2.49. The van der Waals surface area contributed by atoms with Gasteiger partial charge in [-0.05, 0) is 43.1 Å². The number of aromatic nitrogens is 2. The first-order valence-corrected chi connectivity index (χ1v) is 6.89. The Kier molecular flexibility index (Phi) is 4.83. The summed E-state index contributed by atoms with van der Waals surface area (Å²) >= 11 is 0. The van der Waals surface area contributed by atoms with Crippen molar-refractivity contribution in [2.24, 2.45) is 7.05 Å². The number of hydrogen-bond acceptors (Lipinski definition) is 3. The minimum atomic E-state index is -0.397. The van der Waals surface area contributed by atoms with Crippen molar-refractivity contribution in [3.8, 4) is 0 Å². The van der Waals surface area contributed by atoms with Gasteiger partial charge in [-0.25, -0.2) is 4.39 Å². The molecule has 0 saturated carbocycles. The number of benzene rings is 1. The lowest BCUT2D eigenvalue weighted by Crippen LogP contribution is -2.25. The van der Waals surface area contributed by atoms with Crippen molar-refractivity contribution in [3.05, 3.63) is 46.5 Å². The maximum absolute atomic E-state index is 14.4. The van der Waals surface area contributed by atoms with Crippen LogP contribution in [-0.4, -0.2) is 22.2 Å². The van der Waals surface area contributed by atoms with Gasteiger partial charge >= 0.3 is 0 Å². The van der Waals surface area contributed by atoms with Gasteiger partial charge in [-0.3, -0.25) is 9.48 Å². The molecule has 3 rings (SSSR count). The second-order valence-electron chi connectivity index (χ2n) is 5.24. The predicted molar refractivity (Wildman–Crippen MR) is 85.0 cm³/mol. The van der Waals surface area contributed by atoms with Crippen LogP contribution in [0.3, 0.4) is 0 Å². The maximum Gasteiger partial charge on any atom is 0.276 e. The Balaban J connectivity index is 0.00000176. The minimum Gasteiger partial charge on any atom is -0.318 e. The second kappa shape index (κ2) is 6.46. The molecular weight excluding hydrogens is 307 g/mol. The van der Waals surface area contributed by atoms with Crippen LogP contribution >= 0.6 is 12.4 Å². The first kappa shape index (κ1) is 16.5.